The standard InChI is InChI=1S/C28H27ClF3N3O3/c1-17-4-3-12-35-16-24(34-26(17)35)20-7-5-19(6-8-20)14-22(11-13-36)33-27(37)21-9-10-25(23(29)15-21)38-18(2)28(30,31)32/h3-10,12,15-16,18,22,36H,11,13-14H2,1-2H3,(H,33,37)/t18?,22-/m1/s1. The Hall–Kier alpha value is -3.56. The second-order valence-electron chi connectivity index (χ2n) is 9.08. The van der Waals surface area contributed by atoms with Crippen molar-refractivity contribution in [3.8, 4) is 17.0 Å². The Bertz CT molecular complexity index is 1420. The van der Waals surface area contributed by atoms with Crippen molar-refractivity contribution in [1.29, 1.82) is 0 Å². The van der Waals surface area contributed by atoms with Gasteiger partial charge in [-0.2, -0.15) is 13.2 Å². The van der Waals surface area contributed by atoms with Gasteiger partial charge in [0.2, 0.25) is 0 Å². The van der Waals surface area contributed by atoms with Gasteiger partial charge >= 0.3 is 6.18 Å². The number of pyridine rings is 1. The van der Waals surface area contributed by atoms with E-state index in [4.69, 9.17) is 21.3 Å². The molecule has 0 bridgehead atoms. The van der Waals surface area contributed by atoms with Crippen molar-refractivity contribution in [3.63, 3.8) is 0 Å². The highest BCUT2D eigenvalue weighted by molar-refractivity contribution is 6.32. The Kier molecular flexibility index (Phi) is 8.28. The van der Waals surface area contributed by atoms with Gasteiger partial charge in [-0.15, -0.1) is 0 Å². The van der Waals surface area contributed by atoms with E-state index < -0.39 is 18.2 Å². The zero-order valence-electron chi connectivity index (χ0n) is 20.8. The number of halogens is 4. The van der Waals surface area contributed by atoms with E-state index in [1.54, 1.807) is 0 Å². The molecule has 38 heavy (non-hydrogen) atoms. The zero-order chi connectivity index (χ0) is 27.4. The molecule has 200 valence electrons. The Morgan fingerprint density at radius 2 is 1.92 bits per heavy atom. The Morgan fingerprint density at radius 3 is 2.55 bits per heavy atom. The molecule has 4 rings (SSSR count). The Labute approximate surface area is 223 Å². The predicted molar refractivity (Wildman–Crippen MR) is 140 cm³/mol. The average Bonchev–Trinajstić information content (AvgIpc) is 3.31. The molecule has 0 spiro atoms. The Balaban J connectivity index is 1.42. The normalized spacial score (nSPS) is 13.3. The number of benzene rings is 2. The van der Waals surface area contributed by atoms with Gasteiger partial charge in [-0.3, -0.25) is 4.79 Å². The van der Waals surface area contributed by atoms with Crippen molar-refractivity contribution >= 4 is 23.2 Å². The van der Waals surface area contributed by atoms with Crippen LogP contribution in [0.2, 0.25) is 5.02 Å². The van der Waals surface area contributed by atoms with Gasteiger partial charge in [0.1, 0.15) is 11.4 Å². The summed E-state index contributed by atoms with van der Waals surface area (Å²) in [6.07, 6.45) is -1.88. The van der Waals surface area contributed by atoms with E-state index in [0.717, 1.165) is 35.0 Å². The molecule has 1 amide bonds. The van der Waals surface area contributed by atoms with Crippen LogP contribution >= 0.6 is 11.6 Å². The van der Waals surface area contributed by atoms with Crippen LogP contribution in [0.3, 0.4) is 0 Å². The molecule has 2 N–H and O–H groups in total. The minimum atomic E-state index is -4.54. The smallest absolute Gasteiger partial charge is 0.425 e. The molecule has 2 atom stereocenters. The van der Waals surface area contributed by atoms with Crippen LogP contribution in [0.25, 0.3) is 16.9 Å². The third kappa shape index (κ3) is 6.46. The van der Waals surface area contributed by atoms with Crippen molar-refractivity contribution in [2.45, 2.75) is 45.0 Å². The number of rotatable bonds is 9. The summed E-state index contributed by atoms with van der Waals surface area (Å²) in [4.78, 5) is 17.5. The number of hydrogen-bond donors (Lipinski definition) is 2. The first-order valence-electron chi connectivity index (χ1n) is 12.0. The van der Waals surface area contributed by atoms with Crippen molar-refractivity contribution in [2.24, 2.45) is 0 Å². The molecule has 6 nitrogen and oxygen atoms in total. The number of hydrogen-bond acceptors (Lipinski definition) is 4. The van der Waals surface area contributed by atoms with Crippen molar-refractivity contribution in [2.75, 3.05) is 6.61 Å². The number of amides is 1. The molecule has 0 saturated carbocycles. The number of aryl methyl sites for hydroxylation is 1. The molecular formula is C28H27ClF3N3O3. The summed E-state index contributed by atoms with van der Waals surface area (Å²) in [7, 11) is 0. The van der Waals surface area contributed by atoms with Crippen LogP contribution in [0.15, 0.2) is 67.0 Å². The minimum absolute atomic E-state index is 0.106. The molecule has 0 radical (unpaired) electrons. The SMILES string of the molecule is Cc1cccn2cc(-c3ccc(C[C@@H](CCO)NC(=O)c4ccc(OC(C)C(F)(F)F)c(Cl)c4)cc3)nc12. The van der Waals surface area contributed by atoms with E-state index in [1.807, 2.05) is 60.1 Å². The lowest BCUT2D eigenvalue weighted by Gasteiger charge is -2.20. The summed E-state index contributed by atoms with van der Waals surface area (Å²) in [5, 5.41) is 12.3. The quantitative estimate of drug-likeness (QED) is 0.270. The topological polar surface area (TPSA) is 75.9 Å². The molecule has 2 heterocycles. The predicted octanol–water partition coefficient (Wildman–Crippen LogP) is 6.02. The molecule has 2 aromatic carbocycles. The van der Waals surface area contributed by atoms with Crippen LogP contribution in [-0.4, -0.2) is 45.3 Å². The zero-order valence-corrected chi connectivity index (χ0v) is 21.6. The molecule has 4 aromatic rings. The highest BCUT2D eigenvalue weighted by atomic mass is 35.5. The number of aromatic nitrogens is 2. The van der Waals surface area contributed by atoms with Gasteiger partial charge < -0.3 is 19.6 Å². The number of ether oxygens (including phenoxy) is 1. The molecule has 0 aliphatic rings. The van der Waals surface area contributed by atoms with Crippen LogP contribution in [0, 0.1) is 6.92 Å². The summed E-state index contributed by atoms with van der Waals surface area (Å²) >= 11 is 6.08. The second kappa shape index (κ2) is 11.4. The fourth-order valence-electron chi connectivity index (χ4n) is 4.03. The van der Waals surface area contributed by atoms with E-state index in [9.17, 15) is 23.1 Å². The molecule has 0 aliphatic heterocycles. The average molecular weight is 546 g/mol. The summed E-state index contributed by atoms with van der Waals surface area (Å²) < 4.78 is 45.2. The maximum absolute atomic E-state index is 12.8. The number of nitrogens with zero attached hydrogens (tertiary/aromatic N) is 2. The largest absolute Gasteiger partial charge is 0.480 e. The second-order valence-corrected chi connectivity index (χ2v) is 9.49. The van der Waals surface area contributed by atoms with E-state index in [-0.39, 0.29) is 29.0 Å². The number of aliphatic hydroxyl groups is 1. The Morgan fingerprint density at radius 1 is 1.18 bits per heavy atom. The number of nitrogens with one attached hydrogen (secondary N) is 1. The van der Waals surface area contributed by atoms with Gasteiger partial charge in [0.05, 0.1) is 10.7 Å². The number of carbonyl (C=O) groups is 1. The maximum Gasteiger partial charge on any atom is 0.425 e. The summed E-state index contributed by atoms with van der Waals surface area (Å²) in [6.45, 7) is 2.75. The van der Waals surface area contributed by atoms with Crippen LogP contribution in [0.4, 0.5) is 13.2 Å². The van der Waals surface area contributed by atoms with E-state index in [0.29, 0.717) is 12.8 Å². The van der Waals surface area contributed by atoms with Crippen LogP contribution in [0.5, 0.6) is 5.75 Å². The van der Waals surface area contributed by atoms with Crippen LogP contribution < -0.4 is 10.1 Å². The van der Waals surface area contributed by atoms with Crippen molar-refractivity contribution in [1.82, 2.24) is 14.7 Å². The molecule has 2 aromatic heterocycles. The summed E-state index contributed by atoms with van der Waals surface area (Å²) in [6, 6.07) is 15.3. The third-order valence-electron chi connectivity index (χ3n) is 6.18. The molecule has 1 unspecified atom stereocenters. The molecule has 0 saturated heterocycles. The molecular weight excluding hydrogens is 519 g/mol. The monoisotopic (exact) mass is 545 g/mol. The minimum Gasteiger partial charge on any atom is -0.480 e. The molecule has 0 aliphatic carbocycles. The van der Waals surface area contributed by atoms with Gasteiger partial charge in [-0.1, -0.05) is 41.9 Å². The van der Waals surface area contributed by atoms with E-state index in [1.165, 1.54) is 18.2 Å². The van der Waals surface area contributed by atoms with E-state index in [2.05, 4.69) is 5.32 Å². The van der Waals surface area contributed by atoms with Gasteiger partial charge in [0.25, 0.3) is 5.91 Å². The number of carbonyl (C=O) groups excluding carboxylic acids is 1. The number of fused-ring (bicyclic) bond motifs is 1. The summed E-state index contributed by atoms with van der Waals surface area (Å²) in [5.41, 5.74) is 4.90. The van der Waals surface area contributed by atoms with Crippen molar-refractivity contribution < 1.29 is 27.8 Å². The lowest BCUT2D eigenvalue weighted by atomic mass is 10.0. The van der Waals surface area contributed by atoms with Gasteiger partial charge in [-0.05, 0) is 62.1 Å². The highest BCUT2D eigenvalue weighted by Gasteiger charge is 2.38. The molecule has 0 fully saturated rings. The number of aliphatic hydroxyl groups excluding tert-OH is 1. The lowest BCUT2D eigenvalue weighted by Crippen LogP contribution is -2.37. The third-order valence-corrected chi connectivity index (χ3v) is 6.48. The first-order chi connectivity index (χ1) is 18.0. The van der Waals surface area contributed by atoms with Crippen LogP contribution in [-0.2, 0) is 6.42 Å². The van der Waals surface area contributed by atoms with Gasteiger partial charge in [-0.25, -0.2) is 4.98 Å². The first-order valence-corrected chi connectivity index (χ1v) is 12.4. The fourth-order valence-corrected chi connectivity index (χ4v) is 4.26. The maximum atomic E-state index is 12.8. The fraction of sp³-hybridized carbons (Fsp3) is 0.286. The first kappa shape index (κ1) is 27.5. The lowest BCUT2D eigenvalue weighted by molar-refractivity contribution is -0.189. The van der Waals surface area contributed by atoms with Gasteiger partial charge in [0.15, 0.2) is 6.10 Å². The van der Waals surface area contributed by atoms with Gasteiger partial charge in [0, 0.05) is 36.2 Å². The summed E-state index contributed by atoms with van der Waals surface area (Å²) in [5.74, 6) is -0.627. The number of imidazole rings is 1. The highest BCUT2D eigenvalue weighted by Crippen LogP contribution is 2.31. The molecule has 10 heteroatoms. The van der Waals surface area contributed by atoms with E-state index >= 15 is 0 Å². The number of alkyl halides is 3. The van der Waals surface area contributed by atoms with Crippen LogP contribution in [0.1, 0.15) is 34.8 Å². The van der Waals surface area contributed by atoms with Crippen molar-refractivity contribution in [3.05, 3.63) is 88.7 Å².